The van der Waals surface area contributed by atoms with Gasteiger partial charge in [-0.25, -0.2) is 0 Å². The molecule has 2 radical (unpaired) electrons. The minimum absolute atomic E-state index is 0.563. The zero-order valence-electron chi connectivity index (χ0n) is 5.15. The molecule has 0 aromatic carbocycles. The molecule has 0 unspecified atom stereocenters. The van der Waals surface area contributed by atoms with Crippen molar-refractivity contribution in [1.29, 1.82) is 0 Å². The third-order valence-corrected chi connectivity index (χ3v) is 0.582. The number of allylic oxidation sites excluding steroid dienone is 4. The Morgan fingerprint density at radius 1 is 1.38 bits per heavy atom. The average molecular weight is 104 g/mol. The van der Waals surface area contributed by atoms with E-state index in [1.165, 1.54) is 0 Å². The molecule has 0 rings (SSSR count). The Hall–Kier alpha value is -0.715. The maximum absolute atomic E-state index is 5.22. The van der Waals surface area contributed by atoms with Crippen molar-refractivity contribution in [2.45, 2.75) is 6.92 Å². The van der Waals surface area contributed by atoms with Crippen molar-refractivity contribution >= 4 is 7.85 Å². The highest BCUT2D eigenvalue weighted by molar-refractivity contribution is 6.23. The van der Waals surface area contributed by atoms with E-state index in [-0.39, 0.29) is 0 Å². The lowest BCUT2D eigenvalue weighted by Crippen LogP contribution is -1.68. The fourth-order valence-corrected chi connectivity index (χ4v) is 0.249. The number of rotatable bonds is 2. The van der Waals surface area contributed by atoms with E-state index in [9.17, 15) is 0 Å². The second-order valence-corrected chi connectivity index (χ2v) is 1.75. The fourth-order valence-electron chi connectivity index (χ4n) is 0.249. The molecule has 0 N–H and O–H groups in total. The summed E-state index contributed by atoms with van der Waals surface area (Å²) in [6, 6.07) is 0. The van der Waals surface area contributed by atoms with E-state index in [0.717, 1.165) is 5.57 Å². The molecule has 1 heteroatoms. The van der Waals surface area contributed by atoms with Crippen molar-refractivity contribution in [2.75, 3.05) is 0 Å². The molecule has 0 atom stereocenters. The van der Waals surface area contributed by atoms with Gasteiger partial charge in [0, 0.05) is 0 Å². The molecular formula is C7H9B. The van der Waals surface area contributed by atoms with Gasteiger partial charge >= 0.3 is 0 Å². The molecule has 0 fully saturated rings. The number of hydrogen-bond donors (Lipinski definition) is 0. The van der Waals surface area contributed by atoms with Crippen molar-refractivity contribution in [2.24, 2.45) is 0 Å². The molecule has 0 aliphatic rings. The van der Waals surface area contributed by atoms with Crippen LogP contribution in [0, 0.1) is 0 Å². The van der Waals surface area contributed by atoms with Crippen LogP contribution in [-0.2, 0) is 0 Å². The molecule has 0 saturated heterocycles. The zero-order valence-corrected chi connectivity index (χ0v) is 5.15. The topological polar surface area (TPSA) is 0 Å². The molecule has 0 aliphatic heterocycles. The lowest BCUT2D eigenvalue weighted by atomic mass is 9.97. The van der Waals surface area contributed by atoms with Crippen molar-refractivity contribution in [3.05, 3.63) is 36.4 Å². The Morgan fingerprint density at radius 2 is 1.88 bits per heavy atom. The first-order valence-corrected chi connectivity index (χ1v) is 2.41. The lowest BCUT2D eigenvalue weighted by Gasteiger charge is -1.84. The first-order chi connectivity index (χ1) is 3.63. The SMILES string of the molecule is [B]C(=C)C=CC(=C)C. The lowest BCUT2D eigenvalue weighted by molar-refractivity contribution is 1.56. The quantitative estimate of drug-likeness (QED) is 0.370. The predicted octanol–water partition coefficient (Wildman–Crippen LogP) is 1.80. The summed E-state index contributed by atoms with van der Waals surface area (Å²) < 4.78 is 0. The Balaban J connectivity index is 3.67. The van der Waals surface area contributed by atoms with Crippen LogP contribution in [0.4, 0.5) is 0 Å². The van der Waals surface area contributed by atoms with Crippen LogP contribution in [0.1, 0.15) is 6.92 Å². The maximum atomic E-state index is 5.22. The van der Waals surface area contributed by atoms with Crippen LogP contribution in [0.2, 0.25) is 0 Å². The summed E-state index contributed by atoms with van der Waals surface area (Å²) in [6.45, 7) is 9.02. The fraction of sp³-hybridized carbons (Fsp3) is 0.143. The third-order valence-electron chi connectivity index (χ3n) is 0.582. The van der Waals surface area contributed by atoms with E-state index in [4.69, 9.17) is 7.85 Å². The van der Waals surface area contributed by atoms with Crippen molar-refractivity contribution in [1.82, 2.24) is 0 Å². The molecule has 0 aliphatic carbocycles. The van der Waals surface area contributed by atoms with Gasteiger partial charge in [0.1, 0.15) is 7.85 Å². The summed E-state index contributed by atoms with van der Waals surface area (Å²) in [6.07, 6.45) is 3.55. The van der Waals surface area contributed by atoms with Crippen LogP contribution in [0.15, 0.2) is 36.4 Å². The summed E-state index contributed by atoms with van der Waals surface area (Å²) >= 11 is 0. The van der Waals surface area contributed by atoms with Crippen LogP contribution < -0.4 is 0 Å². The molecule has 0 saturated carbocycles. The minimum atomic E-state index is 0.563. The third kappa shape index (κ3) is 5.28. The van der Waals surface area contributed by atoms with Gasteiger partial charge < -0.3 is 0 Å². The molecular weight excluding hydrogens is 94.9 g/mol. The molecule has 0 heterocycles. The molecule has 0 aromatic heterocycles. The molecule has 0 spiro atoms. The first-order valence-electron chi connectivity index (χ1n) is 2.41. The Kier molecular flexibility index (Phi) is 3.01. The van der Waals surface area contributed by atoms with Gasteiger partial charge in [-0.05, 0) is 6.92 Å². The van der Waals surface area contributed by atoms with Crippen LogP contribution >= 0.6 is 0 Å². The first kappa shape index (κ1) is 7.28. The van der Waals surface area contributed by atoms with E-state index < -0.39 is 0 Å². The normalized spacial score (nSPS) is 9.62. The standard InChI is InChI=1S/C7H9B/c1-6(2)4-5-7(3)8/h4-5H,1,3H2,2H3. The van der Waals surface area contributed by atoms with Gasteiger partial charge in [0.25, 0.3) is 0 Å². The van der Waals surface area contributed by atoms with Gasteiger partial charge in [0.2, 0.25) is 0 Å². The van der Waals surface area contributed by atoms with Crippen LogP contribution in [0.25, 0.3) is 0 Å². The van der Waals surface area contributed by atoms with Gasteiger partial charge in [-0.2, -0.15) is 0 Å². The molecule has 0 nitrogen and oxygen atoms in total. The number of hydrogen-bond acceptors (Lipinski definition) is 0. The summed E-state index contributed by atoms with van der Waals surface area (Å²) in [7, 11) is 5.22. The van der Waals surface area contributed by atoms with E-state index in [1.807, 2.05) is 13.0 Å². The van der Waals surface area contributed by atoms with E-state index >= 15 is 0 Å². The van der Waals surface area contributed by atoms with Crippen molar-refractivity contribution in [3.63, 3.8) is 0 Å². The van der Waals surface area contributed by atoms with Gasteiger partial charge in [-0.3, -0.25) is 0 Å². The van der Waals surface area contributed by atoms with Gasteiger partial charge in [0.05, 0.1) is 0 Å². The summed E-state index contributed by atoms with van der Waals surface area (Å²) in [5.74, 6) is 0. The molecule has 40 valence electrons. The van der Waals surface area contributed by atoms with Gasteiger partial charge in [-0.1, -0.05) is 24.3 Å². The summed E-state index contributed by atoms with van der Waals surface area (Å²) in [5.41, 5.74) is 1.55. The summed E-state index contributed by atoms with van der Waals surface area (Å²) in [4.78, 5) is 0. The monoisotopic (exact) mass is 104 g/mol. The molecule has 0 aromatic rings. The van der Waals surface area contributed by atoms with E-state index in [0.29, 0.717) is 5.47 Å². The van der Waals surface area contributed by atoms with E-state index in [2.05, 4.69) is 13.2 Å². The highest BCUT2D eigenvalue weighted by atomic mass is 13.8. The van der Waals surface area contributed by atoms with Gasteiger partial charge in [-0.15, -0.1) is 12.1 Å². The Morgan fingerprint density at radius 3 is 2.00 bits per heavy atom. The van der Waals surface area contributed by atoms with Crippen molar-refractivity contribution < 1.29 is 0 Å². The predicted molar refractivity (Wildman–Crippen MR) is 38.8 cm³/mol. The van der Waals surface area contributed by atoms with Crippen LogP contribution in [0.3, 0.4) is 0 Å². The molecule has 8 heavy (non-hydrogen) atoms. The maximum Gasteiger partial charge on any atom is 0.112 e. The second-order valence-electron chi connectivity index (χ2n) is 1.75. The zero-order chi connectivity index (χ0) is 6.57. The van der Waals surface area contributed by atoms with Gasteiger partial charge in [0.15, 0.2) is 0 Å². The second kappa shape index (κ2) is 3.31. The van der Waals surface area contributed by atoms with E-state index in [1.54, 1.807) is 6.08 Å². The highest BCUT2D eigenvalue weighted by Gasteiger charge is 1.72. The summed E-state index contributed by atoms with van der Waals surface area (Å²) in [5, 5.41) is 0. The highest BCUT2D eigenvalue weighted by Crippen LogP contribution is 1.91. The Bertz CT molecular complexity index is 115. The molecule has 0 bridgehead atoms. The molecule has 0 amide bonds. The Labute approximate surface area is 52.0 Å². The van der Waals surface area contributed by atoms with Crippen LogP contribution in [0.5, 0.6) is 0 Å². The smallest absolute Gasteiger partial charge is 0.106 e. The minimum Gasteiger partial charge on any atom is -0.106 e. The van der Waals surface area contributed by atoms with Crippen LogP contribution in [-0.4, -0.2) is 7.85 Å². The average Bonchev–Trinajstić information content (AvgIpc) is 1.61. The largest absolute Gasteiger partial charge is 0.112 e. The van der Waals surface area contributed by atoms with Crippen molar-refractivity contribution in [3.8, 4) is 0 Å².